The number of hydrogen-bond acceptors (Lipinski definition) is 1. The lowest BCUT2D eigenvalue weighted by atomic mass is 9.88. The standard InChI is InChI=1S/C17H21F2NO/c18-14-7-6-13(16(19)10-14)11-20(15-8-9-15)17(21)12-4-2-1-3-5-12/h6-7,10,12,15H,1-5,8-9,11H2. The Balaban J connectivity index is 1.73. The fraction of sp³-hybridized carbons (Fsp3) is 0.588. The summed E-state index contributed by atoms with van der Waals surface area (Å²) in [6.07, 6.45) is 7.34. The topological polar surface area (TPSA) is 20.3 Å². The maximum Gasteiger partial charge on any atom is 0.226 e. The first-order valence-electron chi connectivity index (χ1n) is 7.89. The van der Waals surface area contributed by atoms with Crippen molar-refractivity contribution in [1.82, 2.24) is 4.90 Å². The van der Waals surface area contributed by atoms with Gasteiger partial charge in [-0.3, -0.25) is 4.79 Å². The zero-order valence-electron chi connectivity index (χ0n) is 12.2. The van der Waals surface area contributed by atoms with E-state index in [1.165, 1.54) is 18.6 Å². The largest absolute Gasteiger partial charge is 0.335 e. The van der Waals surface area contributed by atoms with Crippen molar-refractivity contribution in [2.75, 3.05) is 0 Å². The predicted octanol–water partition coefficient (Wildman–Crippen LogP) is 4.04. The second-order valence-corrected chi connectivity index (χ2v) is 6.27. The van der Waals surface area contributed by atoms with Gasteiger partial charge in [-0.1, -0.05) is 25.3 Å². The second-order valence-electron chi connectivity index (χ2n) is 6.27. The van der Waals surface area contributed by atoms with Crippen LogP contribution < -0.4 is 0 Å². The summed E-state index contributed by atoms with van der Waals surface area (Å²) in [4.78, 5) is 14.5. The van der Waals surface area contributed by atoms with Crippen LogP contribution in [0.3, 0.4) is 0 Å². The van der Waals surface area contributed by atoms with Gasteiger partial charge in [0.2, 0.25) is 5.91 Å². The molecule has 2 fully saturated rings. The van der Waals surface area contributed by atoms with Crippen molar-refractivity contribution >= 4 is 5.91 Å². The molecule has 0 aromatic heterocycles. The summed E-state index contributed by atoms with van der Waals surface area (Å²) in [5.41, 5.74) is 0.410. The Kier molecular flexibility index (Phi) is 4.22. The van der Waals surface area contributed by atoms with Crippen molar-refractivity contribution in [3.8, 4) is 0 Å². The molecule has 2 saturated carbocycles. The summed E-state index contributed by atoms with van der Waals surface area (Å²) in [6.45, 7) is 0.270. The Morgan fingerprint density at radius 1 is 1.10 bits per heavy atom. The molecule has 0 aliphatic heterocycles. The molecule has 2 aliphatic rings. The monoisotopic (exact) mass is 293 g/mol. The van der Waals surface area contributed by atoms with Gasteiger partial charge >= 0.3 is 0 Å². The predicted molar refractivity (Wildman–Crippen MR) is 76.5 cm³/mol. The van der Waals surface area contributed by atoms with E-state index in [4.69, 9.17) is 0 Å². The molecule has 0 unspecified atom stereocenters. The Bertz CT molecular complexity index is 522. The minimum atomic E-state index is -0.576. The van der Waals surface area contributed by atoms with E-state index < -0.39 is 11.6 Å². The lowest BCUT2D eigenvalue weighted by Gasteiger charge is -2.29. The van der Waals surface area contributed by atoms with E-state index in [0.717, 1.165) is 44.6 Å². The molecular formula is C17H21F2NO. The van der Waals surface area contributed by atoms with Crippen molar-refractivity contribution in [3.05, 3.63) is 35.4 Å². The molecule has 0 spiro atoms. The van der Waals surface area contributed by atoms with Crippen LogP contribution in [0.5, 0.6) is 0 Å². The quantitative estimate of drug-likeness (QED) is 0.820. The van der Waals surface area contributed by atoms with Crippen LogP contribution in [0, 0.1) is 17.6 Å². The van der Waals surface area contributed by atoms with Gasteiger partial charge in [-0.25, -0.2) is 8.78 Å². The van der Waals surface area contributed by atoms with Gasteiger partial charge in [0.25, 0.3) is 0 Å². The Morgan fingerprint density at radius 3 is 2.43 bits per heavy atom. The average molecular weight is 293 g/mol. The number of hydrogen-bond donors (Lipinski definition) is 0. The minimum absolute atomic E-state index is 0.0999. The third-order valence-corrected chi connectivity index (χ3v) is 4.58. The number of nitrogens with zero attached hydrogens (tertiary/aromatic N) is 1. The summed E-state index contributed by atoms with van der Waals surface area (Å²) in [5.74, 6) is -0.867. The first-order valence-corrected chi connectivity index (χ1v) is 7.89. The number of halogens is 2. The van der Waals surface area contributed by atoms with E-state index in [1.54, 1.807) is 0 Å². The molecule has 1 aromatic rings. The van der Waals surface area contributed by atoms with Gasteiger partial charge in [-0.2, -0.15) is 0 Å². The van der Waals surface area contributed by atoms with E-state index in [0.29, 0.717) is 5.56 Å². The lowest BCUT2D eigenvalue weighted by molar-refractivity contribution is -0.137. The van der Waals surface area contributed by atoms with Crippen LogP contribution in [-0.2, 0) is 11.3 Å². The van der Waals surface area contributed by atoms with E-state index in [1.807, 2.05) is 4.90 Å². The van der Waals surface area contributed by atoms with Gasteiger partial charge in [0.15, 0.2) is 0 Å². The zero-order valence-corrected chi connectivity index (χ0v) is 12.2. The van der Waals surface area contributed by atoms with Crippen LogP contribution in [-0.4, -0.2) is 16.8 Å². The van der Waals surface area contributed by atoms with Gasteiger partial charge in [0, 0.05) is 30.1 Å². The van der Waals surface area contributed by atoms with Crippen molar-refractivity contribution in [2.24, 2.45) is 5.92 Å². The first kappa shape index (κ1) is 14.5. The third-order valence-electron chi connectivity index (χ3n) is 4.58. The number of amides is 1. The number of benzene rings is 1. The minimum Gasteiger partial charge on any atom is -0.335 e. The average Bonchev–Trinajstić information content (AvgIpc) is 3.31. The maximum absolute atomic E-state index is 13.8. The molecule has 0 N–H and O–H groups in total. The van der Waals surface area contributed by atoms with E-state index in [-0.39, 0.29) is 24.4 Å². The highest BCUT2D eigenvalue weighted by molar-refractivity contribution is 5.79. The van der Waals surface area contributed by atoms with Gasteiger partial charge in [-0.15, -0.1) is 0 Å². The van der Waals surface area contributed by atoms with Gasteiger partial charge in [0.05, 0.1) is 0 Å². The molecule has 2 aliphatic carbocycles. The summed E-state index contributed by atoms with van der Waals surface area (Å²) in [7, 11) is 0. The number of carbonyl (C=O) groups excluding carboxylic acids is 1. The van der Waals surface area contributed by atoms with E-state index in [2.05, 4.69) is 0 Å². The smallest absolute Gasteiger partial charge is 0.226 e. The highest BCUT2D eigenvalue weighted by Crippen LogP contribution is 2.33. The molecule has 0 atom stereocenters. The molecule has 0 heterocycles. The molecular weight excluding hydrogens is 272 g/mol. The fourth-order valence-corrected chi connectivity index (χ4v) is 3.19. The van der Waals surface area contributed by atoms with Gasteiger partial charge in [0.1, 0.15) is 11.6 Å². The highest BCUT2D eigenvalue weighted by Gasteiger charge is 2.36. The molecule has 3 rings (SSSR count). The molecule has 2 nitrogen and oxygen atoms in total. The molecule has 1 aromatic carbocycles. The normalized spacial score (nSPS) is 19.5. The lowest BCUT2D eigenvalue weighted by Crippen LogP contribution is -2.38. The molecule has 0 saturated heterocycles. The third kappa shape index (κ3) is 3.42. The Labute approximate surface area is 124 Å². The molecule has 21 heavy (non-hydrogen) atoms. The number of rotatable bonds is 4. The summed E-state index contributed by atoms with van der Waals surface area (Å²) >= 11 is 0. The highest BCUT2D eigenvalue weighted by atomic mass is 19.1. The van der Waals surface area contributed by atoms with E-state index in [9.17, 15) is 13.6 Å². The van der Waals surface area contributed by atoms with Crippen molar-refractivity contribution in [3.63, 3.8) is 0 Å². The summed E-state index contributed by atoms with van der Waals surface area (Å²) in [6, 6.07) is 3.86. The first-order chi connectivity index (χ1) is 10.1. The van der Waals surface area contributed by atoms with Crippen molar-refractivity contribution in [1.29, 1.82) is 0 Å². The van der Waals surface area contributed by atoms with E-state index >= 15 is 0 Å². The zero-order chi connectivity index (χ0) is 14.8. The van der Waals surface area contributed by atoms with Crippen LogP contribution in [0.15, 0.2) is 18.2 Å². The van der Waals surface area contributed by atoms with Crippen LogP contribution in [0.25, 0.3) is 0 Å². The molecule has 114 valence electrons. The Hall–Kier alpha value is -1.45. The SMILES string of the molecule is O=C(C1CCCCC1)N(Cc1ccc(F)cc1F)C1CC1. The van der Waals surface area contributed by atoms with Gasteiger partial charge in [-0.05, 0) is 31.7 Å². The summed E-state index contributed by atoms with van der Waals surface area (Å²) in [5, 5.41) is 0. The molecule has 0 radical (unpaired) electrons. The molecule has 4 heteroatoms. The summed E-state index contributed by atoms with van der Waals surface area (Å²) < 4.78 is 26.8. The molecule has 0 bridgehead atoms. The van der Waals surface area contributed by atoms with Crippen LogP contribution in [0.2, 0.25) is 0 Å². The maximum atomic E-state index is 13.8. The van der Waals surface area contributed by atoms with Crippen LogP contribution in [0.4, 0.5) is 8.78 Å². The fourth-order valence-electron chi connectivity index (χ4n) is 3.19. The molecule has 1 amide bonds. The van der Waals surface area contributed by atoms with Gasteiger partial charge < -0.3 is 4.90 Å². The van der Waals surface area contributed by atoms with Crippen molar-refractivity contribution < 1.29 is 13.6 Å². The number of carbonyl (C=O) groups is 1. The Morgan fingerprint density at radius 2 is 1.81 bits per heavy atom. The second kappa shape index (κ2) is 6.12. The van der Waals surface area contributed by atoms with Crippen LogP contribution in [0.1, 0.15) is 50.5 Å². The van der Waals surface area contributed by atoms with Crippen molar-refractivity contribution in [2.45, 2.75) is 57.5 Å². The van der Waals surface area contributed by atoms with Crippen LogP contribution >= 0.6 is 0 Å².